The standard InChI is InChI=1S/C12H24N2O/c1-10(2)9-14(11(3)15)12-5-7-13(4)8-6-12/h10,12H,5-9H2,1-4H3. The molecule has 1 heterocycles. The van der Waals surface area contributed by atoms with Gasteiger partial charge in [0.05, 0.1) is 0 Å². The molecule has 88 valence electrons. The van der Waals surface area contributed by atoms with Crippen molar-refractivity contribution in [3.8, 4) is 0 Å². The van der Waals surface area contributed by atoms with Crippen molar-refractivity contribution in [2.45, 2.75) is 39.7 Å². The maximum atomic E-state index is 11.6. The van der Waals surface area contributed by atoms with Crippen molar-refractivity contribution < 1.29 is 4.79 Å². The van der Waals surface area contributed by atoms with E-state index < -0.39 is 0 Å². The SMILES string of the molecule is CC(=O)N(CC(C)C)C1CCN(C)CC1. The lowest BCUT2D eigenvalue weighted by Gasteiger charge is -2.37. The number of amides is 1. The Kier molecular flexibility index (Phi) is 4.58. The van der Waals surface area contributed by atoms with Gasteiger partial charge in [0.1, 0.15) is 0 Å². The third kappa shape index (κ3) is 3.82. The predicted molar refractivity (Wildman–Crippen MR) is 62.7 cm³/mol. The van der Waals surface area contributed by atoms with Crippen molar-refractivity contribution >= 4 is 5.91 Å². The number of carbonyl (C=O) groups excluding carboxylic acids is 1. The number of nitrogens with zero attached hydrogens (tertiary/aromatic N) is 2. The van der Waals surface area contributed by atoms with E-state index in [1.165, 1.54) is 0 Å². The van der Waals surface area contributed by atoms with E-state index in [4.69, 9.17) is 0 Å². The molecule has 0 saturated carbocycles. The Morgan fingerprint density at radius 2 is 1.93 bits per heavy atom. The number of likely N-dealkylation sites (tertiary alicyclic amines) is 1. The molecule has 3 nitrogen and oxygen atoms in total. The van der Waals surface area contributed by atoms with Crippen LogP contribution in [0.2, 0.25) is 0 Å². The maximum Gasteiger partial charge on any atom is 0.219 e. The summed E-state index contributed by atoms with van der Waals surface area (Å²) in [4.78, 5) is 16.0. The van der Waals surface area contributed by atoms with Gasteiger partial charge >= 0.3 is 0 Å². The highest BCUT2D eigenvalue weighted by molar-refractivity contribution is 5.73. The van der Waals surface area contributed by atoms with Crippen molar-refractivity contribution in [3.05, 3.63) is 0 Å². The van der Waals surface area contributed by atoms with Gasteiger partial charge in [-0.05, 0) is 38.9 Å². The molecule has 1 fully saturated rings. The minimum Gasteiger partial charge on any atom is -0.340 e. The van der Waals surface area contributed by atoms with Crippen molar-refractivity contribution in [1.29, 1.82) is 0 Å². The zero-order valence-electron chi connectivity index (χ0n) is 10.5. The molecule has 1 aliphatic heterocycles. The Bertz CT molecular complexity index is 208. The summed E-state index contributed by atoms with van der Waals surface area (Å²) in [6, 6.07) is 0.473. The van der Waals surface area contributed by atoms with Gasteiger partial charge in [0.15, 0.2) is 0 Å². The molecule has 0 aromatic carbocycles. The number of hydrogen-bond donors (Lipinski definition) is 0. The summed E-state index contributed by atoms with van der Waals surface area (Å²) in [5.74, 6) is 0.798. The zero-order chi connectivity index (χ0) is 11.4. The van der Waals surface area contributed by atoms with Gasteiger partial charge in [-0.25, -0.2) is 0 Å². The van der Waals surface area contributed by atoms with Crippen LogP contribution in [0.1, 0.15) is 33.6 Å². The van der Waals surface area contributed by atoms with E-state index in [1.54, 1.807) is 6.92 Å². The molecular weight excluding hydrogens is 188 g/mol. The molecule has 0 unspecified atom stereocenters. The first-order valence-corrected chi connectivity index (χ1v) is 5.96. The van der Waals surface area contributed by atoms with Gasteiger partial charge in [0.2, 0.25) is 5.91 Å². The summed E-state index contributed by atoms with van der Waals surface area (Å²) in [6.07, 6.45) is 2.26. The Hall–Kier alpha value is -0.570. The van der Waals surface area contributed by atoms with Gasteiger partial charge in [0, 0.05) is 19.5 Å². The summed E-state index contributed by atoms with van der Waals surface area (Å²) in [5.41, 5.74) is 0. The second kappa shape index (κ2) is 5.50. The molecule has 1 rings (SSSR count). The minimum atomic E-state index is 0.234. The first-order chi connectivity index (χ1) is 7.00. The number of carbonyl (C=O) groups is 1. The normalized spacial score (nSPS) is 19.5. The Balaban J connectivity index is 2.52. The molecule has 15 heavy (non-hydrogen) atoms. The molecule has 0 N–H and O–H groups in total. The molecule has 0 atom stereocenters. The summed E-state index contributed by atoms with van der Waals surface area (Å²) in [7, 11) is 2.15. The van der Waals surface area contributed by atoms with Crippen molar-refractivity contribution in [2.24, 2.45) is 5.92 Å². The summed E-state index contributed by atoms with van der Waals surface area (Å²) < 4.78 is 0. The van der Waals surface area contributed by atoms with Gasteiger partial charge in [0.25, 0.3) is 0 Å². The van der Waals surface area contributed by atoms with E-state index in [0.29, 0.717) is 12.0 Å². The second-order valence-corrected chi connectivity index (χ2v) is 5.10. The molecule has 0 aliphatic carbocycles. The lowest BCUT2D eigenvalue weighted by Crippen LogP contribution is -2.47. The van der Waals surface area contributed by atoms with E-state index in [1.807, 2.05) is 0 Å². The average Bonchev–Trinajstić information content (AvgIpc) is 2.15. The van der Waals surface area contributed by atoms with Gasteiger partial charge in [-0.2, -0.15) is 0 Å². The quantitative estimate of drug-likeness (QED) is 0.709. The van der Waals surface area contributed by atoms with Crippen molar-refractivity contribution in [1.82, 2.24) is 9.80 Å². The fraction of sp³-hybridized carbons (Fsp3) is 0.917. The topological polar surface area (TPSA) is 23.6 Å². The summed E-state index contributed by atoms with van der Waals surface area (Å²) >= 11 is 0. The predicted octanol–water partition coefficient (Wildman–Crippen LogP) is 1.59. The van der Waals surface area contributed by atoms with Crippen LogP contribution in [0.3, 0.4) is 0 Å². The summed E-state index contributed by atoms with van der Waals surface area (Å²) in [5, 5.41) is 0. The van der Waals surface area contributed by atoms with Crippen LogP contribution < -0.4 is 0 Å². The van der Waals surface area contributed by atoms with Crippen LogP contribution in [0.5, 0.6) is 0 Å². The Morgan fingerprint density at radius 1 is 1.40 bits per heavy atom. The Labute approximate surface area is 93.4 Å². The van der Waals surface area contributed by atoms with Gasteiger partial charge in [-0.3, -0.25) is 4.79 Å². The van der Waals surface area contributed by atoms with Crippen LogP contribution in [0.4, 0.5) is 0 Å². The number of rotatable bonds is 3. The summed E-state index contributed by atoms with van der Waals surface area (Å²) in [6.45, 7) is 9.18. The van der Waals surface area contributed by atoms with E-state index in [9.17, 15) is 4.79 Å². The minimum absolute atomic E-state index is 0.234. The van der Waals surface area contributed by atoms with E-state index in [-0.39, 0.29) is 5.91 Å². The zero-order valence-corrected chi connectivity index (χ0v) is 10.5. The highest BCUT2D eigenvalue weighted by Gasteiger charge is 2.25. The van der Waals surface area contributed by atoms with Crippen molar-refractivity contribution in [2.75, 3.05) is 26.7 Å². The molecule has 0 bridgehead atoms. The lowest BCUT2D eigenvalue weighted by molar-refractivity contribution is -0.132. The van der Waals surface area contributed by atoms with Gasteiger partial charge < -0.3 is 9.80 Å². The number of piperidine rings is 1. The molecule has 0 spiro atoms. The van der Waals surface area contributed by atoms with Crippen LogP contribution >= 0.6 is 0 Å². The fourth-order valence-electron chi connectivity index (χ4n) is 2.23. The van der Waals surface area contributed by atoms with Crippen molar-refractivity contribution in [3.63, 3.8) is 0 Å². The van der Waals surface area contributed by atoms with Crippen LogP contribution in [0.25, 0.3) is 0 Å². The van der Waals surface area contributed by atoms with E-state index >= 15 is 0 Å². The molecule has 1 saturated heterocycles. The van der Waals surface area contributed by atoms with Gasteiger partial charge in [-0.1, -0.05) is 13.8 Å². The molecule has 0 aromatic rings. The smallest absolute Gasteiger partial charge is 0.219 e. The second-order valence-electron chi connectivity index (χ2n) is 5.10. The monoisotopic (exact) mass is 212 g/mol. The molecule has 3 heteroatoms. The van der Waals surface area contributed by atoms with Crippen LogP contribution in [0, 0.1) is 5.92 Å². The molecule has 0 aromatic heterocycles. The third-order valence-electron chi connectivity index (χ3n) is 3.10. The van der Waals surface area contributed by atoms with E-state index in [0.717, 1.165) is 32.5 Å². The highest BCUT2D eigenvalue weighted by atomic mass is 16.2. The first-order valence-electron chi connectivity index (χ1n) is 5.96. The number of hydrogen-bond acceptors (Lipinski definition) is 2. The van der Waals surface area contributed by atoms with Crippen LogP contribution in [-0.4, -0.2) is 48.4 Å². The molecule has 1 amide bonds. The average molecular weight is 212 g/mol. The molecule has 1 aliphatic rings. The van der Waals surface area contributed by atoms with Crippen LogP contribution in [0.15, 0.2) is 0 Å². The first kappa shape index (κ1) is 12.5. The maximum absolute atomic E-state index is 11.6. The fourth-order valence-corrected chi connectivity index (χ4v) is 2.23. The van der Waals surface area contributed by atoms with E-state index in [2.05, 4.69) is 30.7 Å². The van der Waals surface area contributed by atoms with Gasteiger partial charge in [-0.15, -0.1) is 0 Å². The molecular formula is C12H24N2O. The lowest BCUT2D eigenvalue weighted by atomic mass is 10.0. The molecule has 0 radical (unpaired) electrons. The Morgan fingerprint density at radius 3 is 2.33 bits per heavy atom. The highest BCUT2D eigenvalue weighted by Crippen LogP contribution is 2.17. The largest absolute Gasteiger partial charge is 0.340 e. The van der Waals surface area contributed by atoms with Crippen LogP contribution in [-0.2, 0) is 4.79 Å². The third-order valence-corrected chi connectivity index (χ3v) is 3.10.